The van der Waals surface area contributed by atoms with Crippen LogP contribution in [0.15, 0.2) is 53.4 Å². The summed E-state index contributed by atoms with van der Waals surface area (Å²) in [7, 11) is 0.444. The predicted octanol–water partition coefficient (Wildman–Crippen LogP) is 3.45. The highest BCUT2D eigenvalue weighted by Gasteiger charge is 2.21. The maximum atomic E-state index is 12.6. The van der Waals surface area contributed by atoms with Crippen molar-refractivity contribution in [3.05, 3.63) is 64.7 Å². The van der Waals surface area contributed by atoms with Crippen LogP contribution < -0.4 is 5.32 Å². The van der Waals surface area contributed by atoms with Gasteiger partial charge in [0.2, 0.25) is 10.0 Å². The van der Waals surface area contributed by atoms with Crippen molar-refractivity contribution in [1.29, 1.82) is 0 Å². The molecule has 0 aliphatic carbocycles. The van der Waals surface area contributed by atoms with Crippen LogP contribution in [0.5, 0.6) is 0 Å². The lowest BCUT2D eigenvalue weighted by Crippen LogP contribution is -2.34. The molecule has 1 atom stereocenters. The van der Waals surface area contributed by atoms with Crippen LogP contribution in [0.25, 0.3) is 0 Å². The van der Waals surface area contributed by atoms with E-state index in [1.165, 1.54) is 16.4 Å². The average Bonchev–Trinajstić information content (AvgIpc) is 2.72. The minimum Gasteiger partial charge on any atom is -0.308 e. The lowest BCUT2D eigenvalue weighted by Gasteiger charge is -2.25. The smallest absolute Gasteiger partial charge is 0.243 e. The molecular formula is C22H30ClN3O3S. The summed E-state index contributed by atoms with van der Waals surface area (Å²) in [6.45, 7) is 5.17. The van der Waals surface area contributed by atoms with Gasteiger partial charge in [0.15, 0.2) is 5.78 Å². The number of hydrogen-bond donors (Lipinski definition) is 1. The van der Waals surface area contributed by atoms with E-state index in [0.717, 1.165) is 5.56 Å². The maximum absolute atomic E-state index is 12.6. The number of benzene rings is 2. The highest BCUT2D eigenvalue weighted by atomic mass is 35.5. The molecule has 6 nitrogen and oxygen atoms in total. The Kier molecular flexibility index (Phi) is 9.00. The van der Waals surface area contributed by atoms with E-state index in [2.05, 4.69) is 10.2 Å². The van der Waals surface area contributed by atoms with Gasteiger partial charge in [0.1, 0.15) is 0 Å². The highest BCUT2D eigenvalue weighted by molar-refractivity contribution is 7.89. The number of nitrogens with one attached hydrogen (secondary N) is 1. The van der Waals surface area contributed by atoms with Gasteiger partial charge in [-0.25, -0.2) is 8.42 Å². The van der Waals surface area contributed by atoms with Gasteiger partial charge in [-0.2, -0.15) is 4.31 Å². The van der Waals surface area contributed by atoms with Crippen LogP contribution >= 0.6 is 11.6 Å². The summed E-state index contributed by atoms with van der Waals surface area (Å²) in [5, 5.41) is 3.89. The van der Waals surface area contributed by atoms with Gasteiger partial charge < -0.3 is 10.2 Å². The van der Waals surface area contributed by atoms with E-state index in [9.17, 15) is 13.2 Å². The third-order valence-corrected chi connectivity index (χ3v) is 7.34. The molecular weight excluding hydrogens is 422 g/mol. The van der Waals surface area contributed by atoms with E-state index in [1.807, 2.05) is 38.4 Å². The van der Waals surface area contributed by atoms with Gasteiger partial charge in [-0.1, -0.05) is 49.7 Å². The summed E-state index contributed by atoms with van der Waals surface area (Å²) in [5.41, 5.74) is 1.59. The highest BCUT2D eigenvalue weighted by Crippen LogP contribution is 2.20. The number of ketones is 1. The molecule has 0 aliphatic rings. The van der Waals surface area contributed by atoms with Crippen molar-refractivity contribution in [2.75, 3.05) is 40.3 Å². The van der Waals surface area contributed by atoms with Crippen LogP contribution in [0.1, 0.15) is 35.8 Å². The fourth-order valence-corrected chi connectivity index (χ4v) is 4.82. The standard InChI is InChI=1S/C22H30ClN3O3S/c1-5-26(6-2)30(28,29)20-13-9-18(10-14-20)22(27)16-24-15-21(25(3)4)17-7-11-19(23)12-8-17/h7-14,21,24H,5-6,15-16H2,1-4H3. The van der Waals surface area contributed by atoms with Gasteiger partial charge in [-0.15, -0.1) is 0 Å². The summed E-state index contributed by atoms with van der Waals surface area (Å²) in [6.07, 6.45) is 0. The Morgan fingerprint density at radius 2 is 1.57 bits per heavy atom. The number of hydrogen-bond acceptors (Lipinski definition) is 5. The van der Waals surface area contributed by atoms with E-state index in [1.54, 1.807) is 26.0 Å². The van der Waals surface area contributed by atoms with Gasteiger partial charge in [-0.3, -0.25) is 4.79 Å². The van der Waals surface area contributed by atoms with E-state index in [4.69, 9.17) is 11.6 Å². The number of carbonyl (C=O) groups excluding carboxylic acids is 1. The predicted molar refractivity (Wildman–Crippen MR) is 122 cm³/mol. The molecule has 0 bridgehead atoms. The Bertz CT molecular complexity index is 925. The molecule has 0 heterocycles. The molecule has 0 saturated carbocycles. The number of carbonyl (C=O) groups is 1. The second-order valence-electron chi connectivity index (χ2n) is 7.20. The fourth-order valence-electron chi connectivity index (χ4n) is 3.23. The summed E-state index contributed by atoms with van der Waals surface area (Å²) in [6, 6.07) is 13.9. The Labute approximate surface area is 184 Å². The van der Waals surface area contributed by atoms with E-state index in [0.29, 0.717) is 30.2 Å². The second kappa shape index (κ2) is 11.0. The Morgan fingerprint density at radius 1 is 1.00 bits per heavy atom. The molecule has 0 aliphatic heterocycles. The Hall–Kier alpha value is -1.77. The molecule has 0 aromatic heterocycles. The average molecular weight is 452 g/mol. The third kappa shape index (κ3) is 6.12. The van der Waals surface area contributed by atoms with Crippen molar-refractivity contribution < 1.29 is 13.2 Å². The molecule has 0 fully saturated rings. The monoisotopic (exact) mass is 451 g/mol. The van der Waals surface area contributed by atoms with Crippen molar-refractivity contribution in [2.45, 2.75) is 24.8 Å². The van der Waals surface area contributed by atoms with Gasteiger partial charge in [-0.05, 0) is 43.9 Å². The number of halogens is 1. The molecule has 1 unspecified atom stereocenters. The number of Topliss-reactive ketones (excluding diaryl/α,β-unsaturated/α-hetero) is 1. The van der Waals surface area contributed by atoms with Crippen LogP contribution in [0.4, 0.5) is 0 Å². The van der Waals surface area contributed by atoms with Crippen LogP contribution in [-0.4, -0.2) is 63.7 Å². The molecule has 2 rings (SSSR count). The first-order valence-electron chi connectivity index (χ1n) is 9.96. The Balaban J connectivity index is 2.00. The number of rotatable bonds is 11. The van der Waals surface area contributed by atoms with Crippen molar-refractivity contribution in [1.82, 2.24) is 14.5 Å². The minimum atomic E-state index is -3.52. The number of sulfonamides is 1. The van der Waals surface area contributed by atoms with Crippen LogP contribution in [0.3, 0.4) is 0 Å². The second-order valence-corrected chi connectivity index (χ2v) is 9.57. The fraction of sp³-hybridized carbons (Fsp3) is 0.409. The molecule has 8 heteroatoms. The third-order valence-electron chi connectivity index (χ3n) is 5.02. The zero-order valence-corrected chi connectivity index (χ0v) is 19.5. The number of nitrogens with zero attached hydrogens (tertiary/aromatic N) is 2. The van der Waals surface area contributed by atoms with Crippen LogP contribution in [-0.2, 0) is 10.0 Å². The molecule has 30 heavy (non-hydrogen) atoms. The zero-order chi connectivity index (χ0) is 22.3. The molecule has 0 amide bonds. The van der Waals surface area contributed by atoms with Crippen molar-refractivity contribution in [3.63, 3.8) is 0 Å². The molecule has 2 aromatic carbocycles. The van der Waals surface area contributed by atoms with E-state index < -0.39 is 10.0 Å². The lowest BCUT2D eigenvalue weighted by molar-refractivity contribution is 0.0988. The summed E-state index contributed by atoms with van der Waals surface area (Å²) in [5.74, 6) is -0.0876. The number of likely N-dealkylation sites (N-methyl/N-ethyl adjacent to an activating group) is 1. The summed E-state index contributed by atoms with van der Waals surface area (Å²) >= 11 is 5.97. The van der Waals surface area contributed by atoms with Crippen molar-refractivity contribution in [3.8, 4) is 0 Å². The van der Waals surface area contributed by atoms with E-state index >= 15 is 0 Å². The van der Waals surface area contributed by atoms with Crippen LogP contribution in [0.2, 0.25) is 5.02 Å². The van der Waals surface area contributed by atoms with Gasteiger partial charge in [0.05, 0.1) is 11.4 Å². The van der Waals surface area contributed by atoms with Gasteiger partial charge in [0, 0.05) is 36.3 Å². The molecule has 0 spiro atoms. The summed E-state index contributed by atoms with van der Waals surface area (Å²) in [4.78, 5) is 14.8. The lowest BCUT2D eigenvalue weighted by atomic mass is 10.1. The summed E-state index contributed by atoms with van der Waals surface area (Å²) < 4.78 is 26.5. The van der Waals surface area contributed by atoms with Crippen molar-refractivity contribution in [2.24, 2.45) is 0 Å². The van der Waals surface area contributed by atoms with Crippen LogP contribution in [0, 0.1) is 0 Å². The topological polar surface area (TPSA) is 69.7 Å². The largest absolute Gasteiger partial charge is 0.308 e. The van der Waals surface area contributed by atoms with E-state index in [-0.39, 0.29) is 23.3 Å². The quantitative estimate of drug-likeness (QED) is 0.530. The Morgan fingerprint density at radius 3 is 2.07 bits per heavy atom. The normalized spacial score (nSPS) is 13.0. The SMILES string of the molecule is CCN(CC)S(=O)(=O)c1ccc(C(=O)CNCC(c2ccc(Cl)cc2)N(C)C)cc1. The van der Waals surface area contributed by atoms with Crippen molar-refractivity contribution >= 4 is 27.4 Å². The first-order chi connectivity index (χ1) is 14.2. The first kappa shape index (κ1) is 24.5. The molecule has 2 aromatic rings. The minimum absolute atomic E-state index is 0.0876. The molecule has 0 radical (unpaired) electrons. The molecule has 164 valence electrons. The van der Waals surface area contributed by atoms with Gasteiger partial charge >= 0.3 is 0 Å². The maximum Gasteiger partial charge on any atom is 0.243 e. The first-order valence-corrected chi connectivity index (χ1v) is 11.8. The molecule has 1 N–H and O–H groups in total. The zero-order valence-electron chi connectivity index (χ0n) is 17.9. The van der Waals surface area contributed by atoms with Gasteiger partial charge in [0.25, 0.3) is 0 Å². The molecule has 0 saturated heterocycles.